The second-order valence-electron chi connectivity index (χ2n) is 7.33. The van der Waals surface area contributed by atoms with E-state index in [1.807, 2.05) is 31.2 Å². The lowest BCUT2D eigenvalue weighted by Crippen LogP contribution is -3.27. The average molecular weight is 390 g/mol. The third kappa shape index (κ3) is 5.09. The zero-order valence-corrected chi connectivity index (χ0v) is 17.3. The summed E-state index contributed by atoms with van der Waals surface area (Å²) in [4.78, 5) is 17.3. The normalized spacial score (nSPS) is 22.0. The number of hydrogen-bond acceptors (Lipinski definition) is 3. The maximum Gasteiger partial charge on any atom is 0.251 e. The van der Waals surface area contributed by atoms with Crippen molar-refractivity contribution in [2.24, 2.45) is 0 Å². The van der Waals surface area contributed by atoms with Gasteiger partial charge in [-0.1, -0.05) is 6.07 Å². The number of ether oxygens (including phenoxy) is 1. The molecular weight excluding hydrogens is 358 g/mol. The van der Waals surface area contributed by atoms with Crippen LogP contribution in [-0.4, -0.2) is 51.8 Å². The lowest BCUT2D eigenvalue weighted by molar-refractivity contribution is -1.02. The van der Waals surface area contributed by atoms with Crippen LogP contribution in [0, 0.1) is 0 Å². The number of rotatable bonds is 7. The molecule has 1 aliphatic rings. The van der Waals surface area contributed by atoms with E-state index in [0.717, 1.165) is 18.8 Å². The van der Waals surface area contributed by atoms with Crippen molar-refractivity contribution in [3.8, 4) is 5.75 Å². The molecule has 1 amide bonds. The van der Waals surface area contributed by atoms with Crippen molar-refractivity contribution >= 4 is 17.2 Å². The topological polar surface area (TPSA) is 47.2 Å². The molecule has 2 aromatic rings. The maximum atomic E-state index is 12.8. The Morgan fingerprint density at radius 1 is 1.19 bits per heavy atom. The summed E-state index contributed by atoms with van der Waals surface area (Å²) in [7, 11) is 2.26. The van der Waals surface area contributed by atoms with Crippen molar-refractivity contribution in [2.75, 3.05) is 39.8 Å². The number of amides is 1. The van der Waals surface area contributed by atoms with Crippen LogP contribution >= 0.6 is 11.3 Å². The molecule has 1 fully saturated rings. The molecule has 0 spiro atoms. The first-order chi connectivity index (χ1) is 13.1. The fourth-order valence-electron chi connectivity index (χ4n) is 3.82. The van der Waals surface area contributed by atoms with E-state index in [0.29, 0.717) is 18.2 Å². The number of nitrogens with one attached hydrogen (secondary N) is 3. The molecule has 5 nitrogen and oxygen atoms in total. The van der Waals surface area contributed by atoms with E-state index in [9.17, 15) is 4.79 Å². The lowest BCUT2D eigenvalue weighted by Gasteiger charge is -2.36. The first-order valence-electron chi connectivity index (χ1n) is 9.81. The summed E-state index contributed by atoms with van der Waals surface area (Å²) < 4.78 is 5.46. The highest BCUT2D eigenvalue weighted by molar-refractivity contribution is 7.10. The molecular formula is C21H31N3O2S+2. The van der Waals surface area contributed by atoms with Gasteiger partial charge in [-0.25, -0.2) is 0 Å². The Balaban J connectivity index is 1.70. The fraction of sp³-hybridized carbons (Fsp3) is 0.476. The molecule has 0 aliphatic carbocycles. The Labute approximate surface area is 165 Å². The van der Waals surface area contributed by atoms with Crippen LogP contribution in [0.4, 0.5) is 0 Å². The molecule has 2 heterocycles. The molecule has 1 aromatic carbocycles. The Bertz CT molecular complexity index is 710. The molecule has 0 bridgehead atoms. The molecule has 6 heteroatoms. The van der Waals surface area contributed by atoms with Crippen LogP contribution < -0.4 is 19.9 Å². The molecule has 0 radical (unpaired) electrons. The van der Waals surface area contributed by atoms with E-state index in [-0.39, 0.29) is 11.9 Å². The van der Waals surface area contributed by atoms with Gasteiger partial charge in [-0.05, 0) is 49.6 Å². The summed E-state index contributed by atoms with van der Waals surface area (Å²) in [5.74, 6) is 0.772. The van der Waals surface area contributed by atoms with Crippen molar-refractivity contribution < 1.29 is 19.3 Å². The number of benzene rings is 1. The van der Waals surface area contributed by atoms with Crippen LogP contribution in [0.2, 0.25) is 0 Å². The maximum absolute atomic E-state index is 12.8. The highest BCUT2D eigenvalue weighted by atomic mass is 32.1. The van der Waals surface area contributed by atoms with E-state index in [4.69, 9.17) is 4.74 Å². The van der Waals surface area contributed by atoms with E-state index >= 15 is 0 Å². The van der Waals surface area contributed by atoms with Crippen LogP contribution in [0.15, 0.2) is 41.8 Å². The standard InChI is InChI=1S/C21H29N3O2S/c1-4-26-18-9-7-17(8-10-18)21(25)22-16(2)20(19-6-5-15-27-19)24-13-11-23(3)12-14-24/h5-10,15-16,20H,4,11-14H2,1-3H3,(H,22,25)/p+2/t16-,20+/m1/s1. The van der Waals surface area contributed by atoms with E-state index in [1.165, 1.54) is 18.0 Å². The average Bonchev–Trinajstić information content (AvgIpc) is 3.18. The highest BCUT2D eigenvalue weighted by Gasteiger charge is 2.34. The fourth-order valence-corrected chi connectivity index (χ4v) is 4.81. The third-order valence-corrected chi connectivity index (χ3v) is 6.28. The minimum atomic E-state index is -0.0220. The largest absolute Gasteiger partial charge is 0.494 e. The SMILES string of the molecule is CCOc1ccc(C(=O)N[C@H](C)[C@@H](c2cccs2)[NH+]2CC[NH+](C)CC2)cc1. The van der Waals surface area contributed by atoms with Crippen molar-refractivity contribution in [1.82, 2.24) is 5.32 Å². The summed E-state index contributed by atoms with van der Waals surface area (Å²) >= 11 is 1.79. The first-order valence-corrected chi connectivity index (χ1v) is 10.7. The molecule has 27 heavy (non-hydrogen) atoms. The van der Waals surface area contributed by atoms with E-state index in [1.54, 1.807) is 21.1 Å². The number of likely N-dealkylation sites (N-methyl/N-ethyl adjacent to an activating group) is 1. The Kier molecular flexibility index (Phi) is 6.88. The quantitative estimate of drug-likeness (QED) is 0.643. The Morgan fingerprint density at radius 3 is 2.48 bits per heavy atom. The minimum absolute atomic E-state index is 0.0220. The minimum Gasteiger partial charge on any atom is -0.494 e. The van der Waals surface area contributed by atoms with Crippen molar-refractivity contribution in [3.05, 3.63) is 52.2 Å². The number of hydrogen-bond donors (Lipinski definition) is 3. The second-order valence-corrected chi connectivity index (χ2v) is 8.31. The van der Waals surface area contributed by atoms with Crippen LogP contribution in [0.1, 0.15) is 35.1 Å². The van der Waals surface area contributed by atoms with Crippen LogP contribution in [0.3, 0.4) is 0 Å². The summed E-state index contributed by atoms with van der Waals surface area (Å²) in [6.07, 6.45) is 0. The van der Waals surface area contributed by atoms with E-state index < -0.39 is 0 Å². The molecule has 0 saturated carbocycles. The van der Waals surface area contributed by atoms with Gasteiger partial charge in [0.2, 0.25) is 0 Å². The van der Waals surface area contributed by atoms with E-state index in [2.05, 4.69) is 36.8 Å². The van der Waals surface area contributed by atoms with Crippen molar-refractivity contribution in [3.63, 3.8) is 0 Å². The number of carbonyl (C=O) groups is 1. The predicted octanol–water partition coefficient (Wildman–Crippen LogP) is 0.420. The summed E-state index contributed by atoms with van der Waals surface area (Å²) in [5, 5.41) is 5.37. The molecule has 2 atom stereocenters. The van der Waals surface area contributed by atoms with Gasteiger partial charge < -0.3 is 19.9 Å². The van der Waals surface area contributed by atoms with Crippen LogP contribution in [0.25, 0.3) is 0 Å². The van der Waals surface area contributed by atoms with Gasteiger partial charge >= 0.3 is 0 Å². The molecule has 3 rings (SSSR count). The zero-order chi connectivity index (χ0) is 19.2. The zero-order valence-electron chi connectivity index (χ0n) is 16.5. The van der Waals surface area contributed by atoms with Gasteiger partial charge in [-0.3, -0.25) is 4.79 Å². The smallest absolute Gasteiger partial charge is 0.251 e. The number of carbonyl (C=O) groups excluding carboxylic acids is 1. The summed E-state index contributed by atoms with van der Waals surface area (Å²) in [6, 6.07) is 12.0. The van der Waals surface area contributed by atoms with Gasteiger partial charge in [0.05, 0.1) is 24.6 Å². The van der Waals surface area contributed by atoms with Gasteiger partial charge in [0.1, 0.15) is 38.0 Å². The second kappa shape index (κ2) is 9.35. The van der Waals surface area contributed by atoms with Crippen LogP contribution in [-0.2, 0) is 0 Å². The highest BCUT2D eigenvalue weighted by Crippen LogP contribution is 2.20. The van der Waals surface area contributed by atoms with Gasteiger partial charge in [-0.2, -0.15) is 0 Å². The Hall–Kier alpha value is -1.89. The van der Waals surface area contributed by atoms with Gasteiger partial charge in [-0.15, -0.1) is 11.3 Å². The third-order valence-electron chi connectivity index (χ3n) is 5.32. The lowest BCUT2D eigenvalue weighted by atomic mass is 10.0. The van der Waals surface area contributed by atoms with Gasteiger partial charge in [0, 0.05) is 5.56 Å². The first kappa shape index (κ1) is 19.9. The summed E-state index contributed by atoms with van der Waals surface area (Å²) in [5.41, 5.74) is 0.674. The van der Waals surface area contributed by atoms with Crippen molar-refractivity contribution in [2.45, 2.75) is 25.9 Å². The molecule has 1 saturated heterocycles. The van der Waals surface area contributed by atoms with Crippen LogP contribution in [0.5, 0.6) is 5.75 Å². The Morgan fingerprint density at radius 2 is 1.89 bits per heavy atom. The number of piperazine rings is 1. The van der Waals surface area contributed by atoms with Gasteiger partial charge in [0.15, 0.2) is 0 Å². The number of quaternary nitrogens is 2. The van der Waals surface area contributed by atoms with Gasteiger partial charge in [0.25, 0.3) is 5.91 Å². The van der Waals surface area contributed by atoms with Crippen molar-refractivity contribution in [1.29, 1.82) is 0 Å². The molecule has 1 aliphatic heterocycles. The molecule has 0 unspecified atom stereocenters. The molecule has 3 N–H and O–H groups in total. The number of thiophene rings is 1. The molecule has 1 aromatic heterocycles. The molecule has 146 valence electrons. The predicted molar refractivity (Wildman–Crippen MR) is 109 cm³/mol. The summed E-state index contributed by atoms with van der Waals surface area (Å²) in [6.45, 7) is 9.34. The monoisotopic (exact) mass is 389 g/mol.